The molecule has 3 rings (SSSR count). The predicted molar refractivity (Wildman–Crippen MR) is 84.1 cm³/mol. The Hall–Kier alpha value is -3.02. The SMILES string of the molecule is CN(Cc1ccccc1)C(=O)c1cnoc1-c1ccc(F)c(F)c1. The zero-order chi connectivity index (χ0) is 17.1. The van der Waals surface area contributed by atoms with Crippen LogP contribution in [0.2, 0.25) is 0 Å². The summed E-state index contributed by atoms with van der Waals surface area (Å²) in [5, 5.41) is 3.62. The topological polar surface area (TPSA) is 46.3 Å². The van der Waals surface area contributed by atoms with Gasteiger partial charge in [0, 0.05) is 19.2 Å². The Morgan fingerprint density at radius 3 is 2.58 bits per heavy atom. The first-order valence-electron chi connectivity index (χ1n) is 7.25. The summed E-state index contributed by atoms with van der Waals surface area (Å²) in [6.45, 7) is 0.405. The van der Waals surface area contributed by atoms with Crippen LogP contribution in [0, 0.1) is 11.6 Å². The summed E-state index contributed by atoms with van der Waals surface area (Å²) >= 11 is 0. The molecule has 0 aliphatic carbocycles. The largest absolute Gasteiger partial charge is 0.355 e. The smallest absolute Gasteiger partial charge is 0.259 e. The summed E-state index contributed by atoms with van der Waals surface area (Å²) in [5.41, 5.74) is 1.42. The van der Waals surface area contributed by atoms with Crippen molar-refractivity contribution in [2.75, 3.05) is 7.05 Å². The van der Waals surface area contributed by atoms with Gasteiger partial charge in [0.25, 0.3) is 5.91 Å². The molecule has 0 aliphatic heterocycles. The Morgan fingerprint density at radius 2 is 1.88 bits per heavy atom. The van der Waals surface area contributed by atoms with Gasteiger partial charge in [-0.3, -0.25) is 4.79 Å². The lowest BCUT2D eigenvalue weighted by Crippen LogP contribution is -2.26. The van der Waals surface area contributed by atoms with Crippen LogP contribution in [0.1, 0.15) is 15.9 Å². The first kappa shape index (κ1) is 15.9. The van der Waals surface area contributed by atoms with Crippen LogP contribution in [-0.4, -0.2) is 23.0 Å². The molecule has 3 aromatic rings. The van der Waals surface area contributed by atoms with Gasteiger partial charge in [-0.15, -0.1) is 0 Å². The van der Waals surface area contributed by atoms with Gasteiger partial charge >= 0.3 is 0 Å². The number of carbonyl (C=O) groups excluding carboxylic acids is 1. The average Bonchev–Trinajstić information content (AvgIpc) is 3.07. The highest BCUT2D eigenvalue weighted by Gasteiger charge is 2.22. The third kappa shape index (κ3) is 3.17. The van der Waals surface area contributed by atoms with E-state index in [1.54, 1.807) is 7.05 Å². The molecule has 6 heteroatoms. The van der Waals surface area contributed by atoms with Crippen LogP contribution < -0.4 is 0 Å². The molecule has 0 aliphatic rings. The van der Waals surface area contributed by atoms with E-state index < -0.39 is 11.6 Å². The molecule has 0 spiro atoms. The van der Waals surface area contributed by atoms with Gasteiger partial charge in [0.1, 0.15) is 5.56 Å². The molecule has 0 fully saturated rings. The fourth-order valence-electron chi connectivity index (χ4n) is 2.37. The molecule has 0 N–H and O–H groups in total. The second-order valence-electron chi connectivity index (χ2n) is 5.34. The zero-order valence-corrected chi connectivity index (χ0v) is 12.9. The van der Waals surface area contributed by atoms with Crippen molar-refractivity contribution in [2.24, 2.45) is 0 Å². The van der Waals surface area contributed by atoms with Gasteiger partial charge in [-0.25, -0.2) is 8.78 Å². The maximum absolute atomic E-state index is 13.4. The van der Waals surface area contributed by atoms with Crippen LogP contribution in [0.5, 0.6) is 0 Å². The van der Waals surface area contributed by atoms with Crippen LogP contribution in [0.25, 0.3) is 11.3 Å². The van der Waals surface area contributed by atoms with Gasteiger partial charge in [-0.05, 0) is 23.8 Å². The Kier molecular flexibility index (Phi) is 4.37. The van der Waals surface area contributed by atoms with Gasteiger partial charge < -0.3 is 9.42 Å². The molecule has 2 aromatic carbocycles. The van der Waals surface area contributed by atoms with E-state index in [1.165, 1.54) is 17.2 Å². The minimum atomic E-state index is -1.01. The highest BCUT2D eigenvalue weighted by Crippen LogP contribution is 2.26. The van der Waals surface area contributed by atoms with Crippen molar-refractivity contribution in [2.45, 2.75) is 6.54 Å². The van der Waals surface area contributed by atoms with Crippen molar-refractivity contribution in [3.8, 4) is 11.3 Å². The number of hydrogen-bond donors (Lipinski definition) is 0. The third-order valence-corrected chi connectivity index (χ3v) is 3.59. The molecular weight excluding hydrogens is 314 g/mol. The standard InChI is InChI=1S/C18H14F2N2O2/c1-22(11-12-5-3-2-4-6-12)18(23)14-10-21-24-17(14)13-7-8-15(19)16(20)9-13/h2-10H,11H2,1H3. The quantitative estimate of drug-likeness (QED) is 0.730. The second-order valence-corrected chi connectivity index (χ2v) is 5.34. The fraction of sp³-hybridized carbons (Fsp3) is 0.111. The van der Waals surface area contributed by atoms with E-state index in [2.05, 4.69) is 5.16 Å². The summed E-state index contributed by atoms with van der Waals surface area (Å²) in [5.74, 6) is -2.19. The van der Waals surface area contributed by atoms with Crippen LogP contribution in [0.15, 0.2) is 59.3 Å². The number of rotatable bonds is 4. The fourth-order valence-corrected chi connectivity index (χ4v) is 2.37. The molecule has 0 radical (unpaired) electrons. The number of nitrogens with zero attached hydrogens (tertiary/aromatic N) is 2. The van der Waals surface area contributed by atoms with Crippen molar-refractivity contribution in [1.82, 2.24) is 10.1 Å². The Balaban J connectivity index is 1.86. The van der Waals surface area contributed by atoms with Crippen molar-refractivity contribution in [1.29, 1.82) is 0 Å². The lowest BCUT2D eigenvalue weighted by molar-refractivity contribution is 0.0785. The predicted octanol–water partition coefficient (Wildman–Crippen LogP) is 3.89. The lowest BCUT2D eigenvalue weighted by atomic mass is 10.1. The van der Waals surface area contributed by atoms with Crippen LogP contribution in [-0.2, 0) is 6.54 Å². The van der Waals surface area contributed by atoms with E-state index in [0.717, 1.165) is 17.7 Å². The normalized spacial score (nSPS) is 10.6. The molecule has 24 heavy (non-hydrogen) atoms. The third-order valence-electron chi connectivity index (χ3n) is 3.59. The van der Waals surface area contributed by atoms with Crippen LogP contribution in [0.4, 0.5) is 8.78 Å². The first-order valence-corrected chi connectivity index (χ1v) is 7.25. The van der Waals surface area contributed by atoms with E-state index in [1.807, 2.05) is 30.3 Å². The Morgan fingerprint density at radius 1 is 1.12 bits per heavy atom. The Labute approximate surface area is 137 Å². The number of aromatic nitrogens is 1. The average molecular weight is 328 g/mol. The van der Waals surface area contributed by atoms with Crippen LogP contribution in [0.3, 0.4) is 0 Å². The minimum Gasteiger partial charge on any atom is -0.355 e. The molecule has 1 heterocycles. The summed E-state index contributed by atoms with van der Waals surface area (Å²) in [6, 6.07) is 12.8. The summed E-state index contributed by atoms with van der Waals surface area (Å²) in [4.78, 5) is 14.1. The van der Waals surface area contributed by atoms with E-state index in [-0.39, 0.29) is 22.8 Å². The zero-order valence-electron chi connectivity index (χ0n) is 12.9. The molecule has 0 saturated heterocycles. The van der Waals surface area contributed by atoms with Gasteiger partial charge in [0.05, 0.1) is 6.20 Å². The molecular formula is C18H14F2N2O2. The van der Waals surface area contributed by atoms with Crippen molar-refractivity contribution in [3.05, 3.63) is 77.5 Å². The Bertz CT molecular complexity index is 862. The maximum atomic E-state index is 13.4. The van der Waals surface area contributed by atoms with E-state index >= 15 is 0 Å². The number of benzene rings is 2. The van der Waals surface area contributed by atoms with Crippen molar-refractivity contribution < 1.29 is 18.1 Å². The van der Waals surface area contributed by atoms with E-state index in [0.29, 0.717) is 6.54 Å². The molecule has 0 atom stereocenters. The van der Waals surface area contributed by atoms with Crippen molar-refractivity contribution in [3.63, 3.8) is 0 Å². The number of amides is 1. The number of halogens is 2. The molecule has 122 valence electrons. The summed E-state index contributed by atoms with van der Waals surface area (Å²) < 4.78 is 31.6. The second kappa shape index (κ2) is 6.62. The molecule has 4 nitrogen and oxygen atoms in total. The molecule has 0 bridgehead atoms. The van der Waals surface area contributed by atoms with Gasteiger partial charge in [-0.1, -0.05) is 35.5 Å². The van der Waals surface area contributed by atoms with Crippen LogP contribution >= 0.6 is 0 Å². The summed E-state index contributed by atoms with van der Waals surface area (Å²) in [7, 11) is 1.65. The maximum Gasteiger partial charge on any atom is 0.259 e. The molecule has 1 amide bonds. The lowest BCUT2D eigenvalue weighted by Gasteiger charge is -2.16. The molecule has 0 unspecified atom stereocenters. The van der Waals surface area contributed by atoms with E-state index in [4.69, 9.17) is 4.52 Å². The summed E-state index contributed by atoms with van der Waals surface area (Å²) in [6.07, 6.45) is 1.28. The monoisotopic (exact) mass is 328 g/mol. The molecule has 1 aromatic heterocycles. The highest BCUT2D eigenvalue weighted by atomic mass is 19.2. The first-order chi connectivity index (χ1) is 11.6. The number of carbonyl (C=O) groups is 1. The molecule has 0 saturated carbocycles. The number of hydrogen-bond acceptors (Lipinski definition) is 3. The van der Waals surface area contributed by atoms with Gasteiger partial charge in [0.15, 0.2) is 17.4 Å². The van der Waals surface area contributed by atoms with E-state index in [9.17, 15) is 13.6 Å². The highest BCUT2D eigenvalue weighted by molar-refractivity contribution is 5.99. The van der Waals surface area contributed by atoms with Gasteiger partial charge in [0.2, 0.25) is 0 Å². The minimum absolute atomic E-state index is 0.110. The van der Waals surface area contributed by atoms with Gasteiger partial charge in [-0.2, -0.15) is 0 Å². The van der Waals surface area contributed by atoms with Crippen molar-refractivity contribution >= 4 is 5.91 Å².